The first-order chi connectivity index (χ1) is 12.3. The molecular weight excluding hydrogens is 316 g/mol. The van der Waals surface area contributed by atoms with Gasteiger partial charge >= 0.3 is 0 Å². The molecular formula is C18H12N6O. The molecule has 0 saturated carbocycles. The van der Waals surface area contributed by atoms with E-state index in [4.69, 9.17) is 9.51 Å². The molecule has 0 fully saturated rings. The number of hydrogen-bond donors (Lipinski definition) is 0. The highest BCUT2D eigenvalue weighted by molar-refractivity contribution is 5.95. The number of pyridine rings is 1. The summed E-state index contributed by atoms with van der Waals surface area (Å²) in [5, 5.41) is 13.6. The van der Waals surface area contributed by atoms with Gasteiger partial charge in [0, 0.05) is 29.4 Å². The van der Waals surface area contributed by atoms with Crippen molar-refractivity contribution in [1.82, 2.24) is 30.0 Å². The Bertz CT molecular complexity index is 1210. The zero-order valence-electron chi connectivity index (χ0n) is 13.3. The van der Waals surface area contributed by atoms with Gasteiger partial charge in [0.25, 0.3) is 0 Å². The van der Waals surface area contributed by atoms with Crippen molar-refractivity contribution in [2.45, 2.75) is 6.92 Å². The molecule has 0 amide bonds. The highest BCUT2D eigenvalue weighted by Gasteiger charge is 2.18. The van der Waals surface area contributed by atoms with E-state index in [1.165, 1.54) is 0 Å². The van der Waals surface area contributed by atoms with Crippen molar-refractivity contribution in [3.63, 3.8) is 0 Å². The Hall–Kier alpha value is -3.61. The number of benzene rings is 1. The zero-order valence-corrected chi connectivity index (χ0v) is 13.3. The number of fused-ring (bicyclic) bond motifs is 3. The van der Waals surface area contributed by atoms with Crippen molar-refractivity contribution in [3.8, 4) is 22.6 Å². The Labute approximate surface area is 141 Å². The summed E-state index contributed by atoms with van der Waals surface area (Å²) in [6.45, 7) is 1.84. The van der Waals surface area contributed by atoms with Crippen LogP contribution in [0.3, 0.4) is 0 Å². The minimum atomic E-state index is 0.591. The molecule has 0 N–H and O–H groups in total. The molecule has 5 aromatic rings. The van der Waals surface area contributed by atoms with E-state index in [1.54, 1.807) is 16.9 Å². The van der Waals surface area contributed by atoms with Gasteiger partial charge in [-0.05, 0) is 25.1 Å². The molecule has 0 aliphatic heterocycles. The normalized spacial score (nSPS) is 11.4. The van der Waals surface area contributed by atoms with E-state index >= 15 is 0 Å². The Kier molecular flexibility index (Phi) is 2.87. The van der Waals surface area contributed by atoms with Crippen LogP contribution >= 0.6 is 0 Å². The van der Waals surface area contributed by atoms with E-state index in [9.17, 15) is 0 Å². The lowest BCUT2D eigenvalue weighted by molar-refractivity contribution is 0.399. The first-order valence-corrected chi connectivity index (χ1v) is 7.79. The third kappa shape index (κ3) is 2.09. The molecule has 0 radical (unpaired) electrons. The predicted octanol–water partition coefficient (Wildman–Crippen LogP) is 3.30. The van der Waals surface area contributed by atoms with Gasteiger partial charge in [0.05, 0.1) is 11.2 Å². The maximum absolute atomic E-state index is 5.17. The molecule has 0 unspecified atom stereocenters. The van der Waals surface area contributed by atoms with Crippen LogP contribution in [0.4, 0.5) is 0 Å². The largest absolute Gasteiger partial charge is 0.361 e. The van der Waals surface area contributed by atoms with Crippen LogP contribution in [0.2, 0.25) is 0 Å². The lowest BCUT2D eigenvalue weighted by Crippen LogP contribution is -1.97. The molecule has 4 aromatic heterocycles. The average molecular weight is 328 g/mol. The highest BCUT2D eigenvalue weighted by Crippen LogP contribution is 2.30. The molecule has 0 aliphatic rings. The van der Waals surface area contributed by atoms with Gasteiger partial charge in [-0.1, -0.05) is 28.6 Å². The van der Waals surface area contributed by atoms with Gasteiger partial charge in [0.2, 0.25) is 0 Å². The maximum Gasteiger partial charge on any atom is 0.186 e. The van der Waals surface area contributed by atoms with Crippen molar-refractivity contribution in [2.75, 3.05) is 0 Å². The molecule has 0 atom stereocenters. The van der Waals surface area contributed by atoms with E-state index in [-0.39, 0.29) is 0 Å². The van der Waals surface area contributed by atoms with Gasteiger partial charge in [0.1, 0.15) is 11.5 Å². The molecule has 4 heterocycles. The van der Waals surface area contributed by atoms with E-state index in [0.717, 1.165) is 22.2 Å². The molecule has 0 spiro atoms. The number of para-hydroxylation sites is 1. The van der Waals surface area contributed by atoms with Crippen molar-refractivity contribution < 1.29 is 4.52 Å². The molecule has 7 heteroatoms. The van der Waals surface area contributed by atoms with Gasteiger partial charge in [-0.15, -0.1) is 5.10 Å². The van der Waals surface area contributed by atoms with E-state index in [1.807, 2.05) is 49.4 Å². The first kappa shape index (κ1) is 13.8. The van der Waals surface area contributed by atoms with Gasteiger partial charge in [-0.25, -0.2) is 4.98 Å². The van der Waals surface area contributed by atoms with Crippen LogP contribution in [-0.4, -0.2) is 30.0 Å². The fourth-order valence-electron chi connectivity index (χ4n) is 2.93. The second-order valence-electron chi connectivity index (χ2n) is 5.72. The Morgan fingerprint density at radius 1 is 1.04 bits per heavy atom. The molecule has 25 heavy (non-hydrogen) atoms. The van der Waals surface area contributed by atoms with Crippen molar-refractivity contribution >= 4 is 16.6 Å². The van der Waals surface area contributed by atoms with Crippen LogP contribution in [-0.2, 0) is 0 Å². The van der Waals surface area contributed by atoms with Crippen molar-refractivity contribution in [3.05, 3.63) is 60.6 Å². The SMILES string of the molecule is Cc1cc(-c2nnn3c2nc(-c2cccnc2)c2ccccc23)no1. The second kappa shape index (κ2) is 5.20. The Morgan fingerprint density at radius 3 is 2.76 bits per heavy atom. The minimum absolute atomic E-state index is 0.591. The van der Waals surface area contributed by atoms with Crippen molar-refractivity contribution in [2.24, 2.45) is 0 Å². The van der Waals surface area contributed by atoms with Crippen LogP contribution in [0.1, 0.15) is 5.76 Å². The summed E-state index contributed by atoms with van der Waals surface area (Å²) >= 11 is 0. The lowest BCUT2D eigenvalue weighted by atomic mass is 10.1. The highest BCUT2D eigenvalue weighted by atomic mass is 16.5. The van der Waals surface area contributed by atoms with Crippen molar-refractivity contribution in [1.29, 1.82) is 0 Å². The van der Waals surface area contributed by atoms with Crippen LogP contribution in [0, 0.1) is 6.92 Å². The summed E-state index contributed by atoms with van der Waals surface area (Å²) in [7, 11) is 0. The van der Waals surface area contributed by atoms with Crippen LogP contribution < -0.4 is 0 Å². The molecule has 0 bridgehead atoms. The minimum Gasteiger partial charge on any atom is -0.361 e. The summed E-state index contributed by atoms with van der Waals surface area (Å²) in [5.74, 6) is 0.712. The summed E-state index contributed by atoms with van der Waals surface area (Å²) < 4.78 is 6.91. The molecule has 0 aliphatic carbocycles. The third-order valence-corrected chi connectivity index (χ3v) is 4.06. The maximum atomic E-state index is 5.17. The second-order valence-corrected chi connectivity index (χ2v) is 5.72. The molecule has 0 saturated heterocycles. The standard InChI is InChI=1S/C18H12N6O/c1-11-9-14(22-25-11)17-18-20-16(12-5-4-8-19-10-12)13-6-2-3-7-15(13)24(18)23-21-17/h2-10H,1H3. The smallest absolute Gasteiger partial charge is 0.186 e. The summed E-state index contributed by atoms with van der Waals surface area (Å²) in [6.07, 6.45) is 3.54. The fourth-order valence-corrected chi connectivity index (χ4v) is 2.93. The monoisotopic (exact) mass is 328 g/mol. The zero-order chi connectivity index (χ0) is 16.8. The Morgan fingerprint density at radius 2 is 1.96 bits per heavy atom. The average Bonchev–Trinajstić information content (AvgIpc) is 3.27. The quantitative estimate of drug-likeness (QED) is 0.494. The van der Waals surface area contributed by atoms with E-state index < -0.39 is 0 Å². The number of aryl methyl sites for hydroxylation is 1. The van der Waals surface area contributed by atoms with Gasteiger partial charge in [0.15, 0.2) is 11.3 Å². The van der Waals surface area contributed by atoms with Crippen LogP contribution in [0.25, 0.3) is 39.2 Å². The number of nitrogens with zero attached hydrogens (tertiary/aromatic N) is 6. The summed E-state index contributed by atoms with van der Waals surface area (Å²) in [6, 6.07) is 13.7. The molecule has 1 aromatic carbocycles. The Balaban J connectivity index is 1.89. The van der Waals surface area contributed by atoms with Crippen LogP contribution in [0.15, 0.2) is 59.4 Å². The molecule has 5 rings (SSSR count). The molecule has 7 nitrogen and oxygen atoms in total. The van der Waals surface area contributed by atoms with E-state index in [2.05, 4.69) is 20.5 Å². The summed E-state index contributed by atoms with van der Waals surface area (Å²) in [4.78, 5) is 9.05. The first-order valence-electron chi connectivity index (χ1n) is 7.79. The topological polar surface area (TPSA) is 82.0 Å². The lowest BCUT2D eigenvalue weighted by Gasteiger charge is -2.07. The van der Waals surface area contributed by atoms with Gasteiger partial charge < -0.3 is 4.52 Å². The number of rotatable bonds is 2. The van der Waals surface area contributed by atoms with E-state index in [0.29, 0.717) is 22.8 Å². The fraction of sp³-hybridized carbons (Fsp3) is 0.0556. The van der Waals surface area contributed by atoms with Crippen LogP contribution in [0.5, 0.6) is 0 Å². The molecule has 120 valence electrons. The van der Waals surface area contributed by atoms with Gasteiger partial charge in [-0.3, -0.25) is 4.98 Å². The summed E-state index contributed by atoms with van der Waals surface area (Å²) in [5.41, 5.74) is 4.53. The third-order valence-electron chi connectivity index (χ3n) is 4.06. The number of hydrogen-bond acceptors (Lipinski definition) is 6. The predicted molar refractivity (Wildman–Crippen MR) is 91.8 cm³/mol. The number of aromatic nitrogens is 6. The van der Waals surface area contributed by atoms with Gasteiger partial charge in [-0.2, -0.15) is 4.52 Å².